The minimum absolute atomic E-state index is 0.0909. The summed E-state index contributed by atoms with van der Waals surface area (Å²) in [5.74, 6) is -0.0909. The molecule has 0 fully saturated rings. The summed E-state index contributed by atoms with van der Waals surface area (Å²) in [6, 6.07) is 11.6. The zero-order chi connectivity index (χ0) is 10.5. The fraction of sp³-hybridized carbons (Fsp3) is 0.0833. The molecule has 0 bridgehead atoms. The molecule has 0 aliphatic heterocycles. The summed E-state index contributed by atoms with van der Waals surface area (Å²) >= 11 is 0. The summed E-state index contributed by atoms with van der Waals surface area (Å²) in [4.78, 5) is 4.20. The van der Waals surface area contributed by atoms with Crippen LogP contribution in [0.4, 0.5) is 0 Å². The minimum Gasteiger partial charge on any atom is -0.480 e. The Labute approximate surface area is 87.7 Å². The van der Waals surface area contributed by atoms with E-state index in [4.69, 9.17) is 4.42 Å². The second kappa shape index (κ2) is 4.46. The smallest absolute Gasteiger partial charge is 0.290 e. The molecule has 0 saturated carbocycles. The lowest BCUT2D eigenvalue weighted by Gasteiger charge is -1.93. The first-order valence-corrected chi connectivity index (χ1v) is 4.66. The molecular weight excluding hydrogens is 190 g/mol. The Morgan fingerprint density at radius 3 is 2.67 bits per heavy atom. The van der Waals surface area contributed by atoms with Crippen molar-refractivity contribution in [3.8, 4) is 5.95 Å². The highest BCUT2D eigenvalue weighted by Crippen LogP contribution is 2.14. The lowest BCUT2D eigenvalue weighted by atomic mass is 10.2. The predicted octanol–water partition coefficient (Wildman–Crippen LogP) is 2.60. The van der Waals surface area contributed by atoms with Crippen molar-refractivity contribution in [2.24, 2.45) is 4.99 Å². The van der Waals surface area contributed by atoms with Gasteiger partial charge in [0.15, 0.2) is 0 Å². The topological polar surface area (TPSA) is 45.7 Å². The van der Waals surface area contributed by atoms with E-state index in [1.54, 1.807) is 12.3 Å². The monoisotopic (exact) mass is 201 g/mol. The van der Waals surface area contributed by atoms with Crippen LogP contribution in [0, 0.1) is 0 Å². The Balaban J connectivity index is 2.00. The first kappa shape index (κ1) is 9.52. The van der Waals surface area contributed by atoms with E-state index in [-0.39, 0.29) is 5.95 Å². The van der Waals surface area contributed by atoms with E-state index in [9.17, 15) is 5.11 Å². The second-order valence-electron chi connectivity index (χ2n) is 3.14. The minimum atomic E-state index is -0.0909. The summed E-state index contributed by atoms with van der Waals surface area (Å²) in [5, 5.41) is 9.19. The molecule has 1 aromatic heterocycles. The van der Waals surface area contributed by atoms with Gasteiger partial charge in [0.25, 0.3) is 5.95 Å². The molecule has 76 valence electrons. The van der Waals surface area contributed by atoms with Crippen LogP contribution < -0.4 is 0 Å². The molecule has 15 heavy (non-hydrogen) atoms. The molecule has 0 saturated heterocycles. The first-order chi connectivity index (χ1) is 7.36. The van der Waals surface area contributed by atoms with Gasteiger partial charge in [-0.25, -0.2) is 0 Å². The van der Waals surface area contributed by atoms with Crippen LogP contribution in [0.5, 0.6) is 5.95 Å². The number of nitrogens with zero attached hydrogens (tertiary/aromatic N) is 1. The Kier molecular flexibility index (Phi) is 2.83. The van der Waals surface area contributed by atoms with Crippen LogP contribution in [0.15, 0.2) is 52.1 Å². The van der Waals surface area contributed by atoms with Crippen LogP contribution in [0.25, 0.3) is 0 Å². The van der Waals surface area contributed by atoms with Gasteiger partial charge < -0.3 is 9.52 Å². The molecule has 2 aromatic rings. The van der Waals surface area contributed by atoms with Crippen LogP contribution in [0.3, 0.4) is 0 Å². The number of furan rings is 1. The van der Waals surface area contributed by atoms with Gasteiger partial charge in [0.05, 0.1) is 18.4 Å². The average Bonchev–Trinajstić information content (AvgIpc) is 2.66. The van der Waals surface area contributed by atoms with Crippen LogP contribution in [-0.2, 0) is 6.54 Å². The van der Waals surface area contributed by atoms with Crippen molar-refractivity contribution in [3.05, 3.63) is 53.8 Å². The Bertz CT molecular complexity index is 446. The van der Waals surface area contributed by atoms with Gasteiger partial charge in [0.1, 0.15) is 0 Å². The molecule has 1 heterocycles. The normalized spacial score (nSPS) is 10.9. The fourth-order valence-electron chi connectivity index (χ4n) is 1.24. The molecule has 0 radical (unpaired) electrons. The number of aliphatic imine (C=N–C) groups is 1. The van der Waals surface area contributed by atoms with Crippen molar-refractivity contribution in [2.75, 3.05) is 0 Å². The second-order valence-corrected chi connectivity index (χ2v) is 3.14. The SMILES string of the molecule is Oc1occc1C=NCc1ccccc1. The van der Waals surface area contributed by atoms with E-state index in [0.717, 1.165) is 5.56 Å². The molecular formula is C12H11NO2. The molecule has 0 atom stereocenters. The maximum atomic E-state index is 9.19. The largest absolute Gasteiger partial charge is 0.480 e. The third-order valence-corrected chi connectivity index (χ3v) is 2.02. The number of aromatic hydroxyl groups is 1. The van der Waals surface area contributed by atoms with E-state index in [0.29, 0.717) is 12.1 Å². The molecule has 1 aromatic carbocycles. The van der Waals surface area contributed by atoms with E-state index in [1.165, 1.54) is 6.26 Å². The quantitative estimate of drug-likeness (QED) is 0.776. The zero-order valence-corrected chi connectivity index (χ0v) is 8.13. The third-order valence-electron chi connectivity index (χ3n) is 2.02. The summed E-state index contributed by atoms with van der Waals surface area (Å²) in [6.07, 6.45) is 3.03. The molecule has 3 nitrogen and oxygen atoms in total. The van der Waals surface area contributed by atoms with Crippen molar-refractivity contribution < 1.29 is 9.52 Å². The highest BCUT2D eigenvalue weighted by atomic mass is 16.5. The fourth-order valence-corrected chi connectivity index (χ4v) is 1.24. The lowest BCUT2D eigenvalue weighted by Crippen LogP contribution is -1.82. The van der Waals surface area contributed by atoms with Crippen LogP contribution in [-0.4, -0.2) is 11.3 Å². The van der Waals surface area contributed by atoms with Gasteiger partial charge in [-0.3, -0.25) is 4.99 Å². The number of hydrogen-bond donors (Lipinski definition) is 1. The molecule has 0 unspecified atom stereocenters. The zero-order valence-electron chi connectivity index (χ0n) is 8.13. The Morgan fingerprint density at radius 1 is 1.20 bits per heavy atom. The standard InChI is InChI=1S/C12H11NO2/c14-12-11(6-7-15-12)9-13-8-10-4-2-1-3-5-10/h1-7,9,14H,8H2. The van der Waals surface area contributed by atoms with Crippen LogP contribution >= 0.6 is 0 Å². The maximum Gasteiger partial charge on any atom is 0.290 e. The van der Waals surface area contributed by atoms with E-state index < -0.39 is 0 Å². The lowest BCUT2D eigenvalue weighted by molar-refractivity contribution is 0.332. The van der Waals surface area contributed by atoms with Crippen molar-refractivity contribution in [1.82, 2.24) is 0 Å². The van der Waals surface area contributed by atoms with Crippen molar-refractivity contribution in [2.45, 2.75) is 6.54 Å². The van der Waals surface area contributed by atoms with Gasteiger partial charge in [-0.1, -0.05) is 30.3 Å². The van der Waals surface area contributed by atoms with Gasteiger partial charge >= 0.3 is 0 Å². The molecule has 2 rings (SSSR count). The van der Waals surface area contributed by atoms with Crippen LogP contribution in [0.1, 0.15) is 11.1 Å². The van der Waals surface area contributed by atoms with Gasteiger partial charge in [-0.05, 0) is 11.6 Å². The highest BCUT2D eigenvalue weighted by Gasteiger charge is 1.99. The van der Waals surface area contributed by atoms with Crippen molar-refractivity contribution in [3.63, 3.8) is 0 Å². The molecule has 1 N–H and O–H groups in total. The Hall–Kier alpha value is -2.03. The summed E-state index contributed by atoms with van der Waals surface area (Å²) < 4.78 is 4.73. The van der Waals surface area contributed by atoms with Gasteiger partial charge in [-0.15, -0.1) is 0 Å². The Morgan fingerprint density at radius 2 is 2.00 bits per heavy atom. The van der Waals surface area contributed by atoms with E-state index >= 15 is 0 Å². The maximum absolute atomic E-state index is 9.19. The van der Waals surface area contributed by atoms with Crippen molar-refractivity contribution >= 4 is 6.21 Å². The van der Waals surface area contributed by atoms with Gasteiger partial charge in [0.2, 0.25) is 0 Å². The van der Waals surface area contributed by atoms with Gasteiger partial charge in [-0.2, -0.15) is 0 Å². The molecule has 0 aliphatic carbocycles. The van der Waals surface area contributed by atoms with Gasteiger partial charge in [0, 0.05) is 6.21 Å². The average molecular weight is 201 g/mol. The molecule has 0 amide bonds. The predicted molar refractivity (Wildman–Crippen MR) is 58.1 cm³/mol. The summed E-state index contributed by atoms with van der Waals surface area (Å²) in [5.41, 5.74) is 1.74. The number of rotatable bonds is 3. The highest BCUT2D eigenvalue weighted by molar-refractivity contribution is 5.81. The number of hydrogen-bond acceptors (Lipinski definition) is 3. The number of benzene rings is 1. The first-order valence-electron chi connectivity index (χ1n) is 4.66. The van der Waals surface area contributed by atoms with E-state index in [2.05, 4.69) is 4.99 Å². The molecule has 0 spiro atoms. The van der Waals surface area contributed by atoms with E-state index in [1.807, 2.05) is 30.3 Å². The molecule has 0 aliphatic rings. The summed E-state index contributed by atoms with van der Waals surface area (Å²) in [7, 11) is 0. The van der Waals surface area contributed by atoms with Crippen LogP contribution in [0.2, 0.25) is 0 Å². The van der Waals surface area contributed by atoms with Crippen molar-refractivity contribution in [1.29, 1.82) is 0 Å². The summed E-state index contributed by atoms with van der Waals surface area (Å²) in [6.45, 7) is 0.603. The molecule has 3 heteroatoms. The third kappa shape index (κ3) is 2.47.